The van der Waals surface area contributed by atoms with Gasteiger partial charge in [0.1, 0.15) is 0 Å². The van der Waals surface area contributed by atoms with Crippen molar-refractivity contribution in [2.24, 2.45) is 0 Å². The van der Waals surface area contributed by atoms with Gasteiger partial charge in [0.25, 0.3) is 0 Å². The maximum absolute atomic E-state index is 11.0. The number of benzene rings is 1. The summed E-state index contributed by atoms with van der Waals surface area (Å²) in [5.74, 6) is 0.630. The third-order valence-electron chi connectivity index (χ3n) is 3.30. The van der Waals surface area contributed by atoms with Crippen LogP contribution in [0.5, 0.6) is 0 Å². The molecule has 0 saturated heterocycles. The molecule has 6 nitrogen and oxygen atoms in total. The van der Waals surface area contributed by atoms with Gasteiger partial charge in [-0.2, -0.15) is 0 Å². The molecule has 0 aliphatic rings. The van der Waals surface area contributed by atoms with Gasteiger partial charge in [-0.05, 0) is 37.0 Å². The second kappa shape index (κ2) is 5.58. The molecule has 1 N–H and O–H groups in total. The van der Waals surface area contributed by atoms with Crippen molar-refractivity contribution in [2.75, 3.05) is 12.8 Å². The second-order valence-corrected chi connectivity index (χ2v) is 7.18. The lowest BCUT2D eigenvalue weighted by Gasteiger charge is -2.02. The summed E-state index contributed by atoms with van der Waals surface area (Å²) in [6, 6.07) is 8.15. The highest BCUT2D eigenvalue weighted by molar-refractivity contribution is 7.88. The lowest BCUT2D eigenvalue weighted by atomic mass is 10.1. The van der Waals surface area contributed by atoms with Crippen LogP contribution >= 0.6 is 0 Å². The van der Waals surface area contributed by atoms with Crippen LogP contribution in [-0.4, -0.2) is 30.6 Å². The molecule has 0 saturated carbocycles. The van der Waals surface area contributed by atoms with Crippen molar-refractivity contribution in [1.29, 1.82) is 0 Å². The molecule has 2 heterocycles. The SMILES string of the molecule is Cc1cccc(-c2cn3cc(CCNS(C)(=O)=O)nc3[n-]2)c1. The van der Waals surface area contributed by atoms with Gasteiger partial charge in [-0.1, -0.05) is 29.8 Å². The minimum Gasteiger partial charge on any atom is -0.381 e. The number of fused-ring (bicyclic) bond motifs is 1. The number of imidazole rings is 2. The molecule has 3 rings (SSSR count). The van der Waals surface area contributed by atoms with Crippen molar-refractivity contribution in [1.82, 2.24) is 19.1 Å². The highest BCUT2D eigenvalue weighted by Crippen LogP contribution is 2.19. The Morgan fingerprint density at radius 3 is 2.82 bits per heavy atom. The van der Waals surface area contributed by atoms with Crippen molar-refractivity contribution in [3.8, 4) is 11.3 Å². The van der Waals surface area contributed by atoms with Crippen molar-refractivity contribution in [3.63, 3.8) is 0 Å². The zero-order valence-corrected chi connectivity index (χ0v) is 13.3. The first kappa shape index (κ1) is 14.8. The Morgan fingerprint density at radius 1 is 1.32 bits per heavy atom. The summed E-state index contributed by atoms with van der Waals surface area (Å²) < 4.78 is 26.4. The maximum atomic E-state index is 11.0. The third kappa shape index (κ3) is 3.37. The maximum Gasteiger partial charge on any atom is 0.208 e. The van der Waals surface area contributed by atoms with Crippen LogP contribution in [0.3, 0.4) is 0 Å². The van der Waals surface area contributed by atoms with Gasteiger partial charge in [0, 0.05) is 18.0 Å². The van der Waals surface area contributed by atoms with E-state index in [1.165, 1.54) is 5.56 Å². The molecular weight excluding hydrogens is 300 g/mol. The highest BCUT2D eigenvalue weighted by atomic mass is 32.2. The van der Waals surface area contributed by atoms with Crippen LogP contribution in [0.15, 0.2) is 36.7 Å². The van der Waals surface area contributed by atoms with Gasteiger partial charge in [-0.15, -0.1) is 0 Å². The van der Waals surface area contributed by atoms with E-state index in [0.29, 0.717) is 18.7 Å². The van der Waals surface area contributed by atoms with Gasteiger partial charge in [0.15, 0.2) is 0 Å². The first-order chi connectivity index (χ1) is 10.4. The molecule has 0 aliphatic heterocycles. The molecule has 0 unspecified atom stereocenters. The van der Waals surface area contributed by atoms with Crippen molar-refractivity contribution < 1.29 is 8.42 Å². The standard InChI is InChI=1S/C15H17N4O2S/c1-11-4-3-5-12(8-11)14-10-19-9-13(17-15(19)18-14)6-7-16-22(2,20)21/h3-5,8-10,16H,6-7H2,1-2H3/q-1. The highest BCUT2D eigenvalue weighted by Gasteiger charge is 2.02. The van der Waals surface area contributed by atoms with Crippen molar-refractivity contribution in [3.05, 3.63) is 47.9 Å². The van der Waals surface area contributed by atoms with Crippen LogP contribution in [0.25, 0.3) is 17.0 Å². The number of nitrogens with zero attached hydrogens (tertiary/aromatic N) is 3. The number of hydrogen-bond donors (Lipinski definition) is 1. The molecule has 116 valence electrons. The molecule has 0 fully saturated rings. The van der Waals surface area contributed by atoms with Gasteiger partial charge >= 0.3 is 0 Å². The summed E-state index contributed by atoms with van der Waals surface area (Å²) in [7, 11) is -3.16. The molecule has 3 aromatic rings. The average Bonchev–Trinajstić information content (AvgIpc) is 2.95. The van der Waals surface area contributed by atoms with Crippen molar-refractivity contribution >= 4 is 15.8 Å². The fraction of sp³-hybridized carbons (Fsp3) is 0.267. The summed E-state index contributed by atoms with van der Waals surface area (Å²) in [5.41, 5.74) is 3.94. The lowest BCUT2D eigenvalue weighted by Crippen LogP contribution is -2.24. The monoisotopic (exact) mass is 317 g/mol. The Labute approximate surface area is 129 Å². The summed E-state index contributed by atoms with van der Waals surface area (Å²) in [6.07, 6.45) is 5.50. The molecule has 2 aromatic heterocycles. The van der Waals surface area contributed by atoms with E-state index in [-0.39, 0.29) is 0 Å². The van der Waals surface area contributed by atoms with Gasteiger partial charge in [-0.25, -0.2) is 13.1 Å². The molecule has 0 spiro atoms. The Hall–Kier alpha value is -2.12. The van der Waals surface area contributed by atoms with Crippen molar-refractivity contribution in [2.45, 2.75) is 13.3 Å². The Morgan fingerprint density at radius 2 is 2.14 bits per heavy atom. The fourth-order valence-corrected chi connectivity index (χ4v) is 2.78. The number of aryl methyl sites for hydroxylation is 1. The van der Waals surface area contributed by atoms with Crippen LogP contribution in [0, 0.1) is 6.92 Å². The van der Waals surface area contributed by atoms with E-state index in [1.54, 1.807) is 0 Å². The largest absolute Gasteiger partial charge is 0.381 e. The predicted octanol–water partition coefficient (Wildman–Crippen LogP) is 1.36. The van der Waals surface area contributed by atoms with Gasteiger partial charge in [-0.3, -0.25) is 0 Å². The van der Waals surface area contributed by atoms with E-state index >= 15 is 0 Å². The summed E-state index contributed by atoms with van der Waals surface area (Å²) in [5, 5.41) is 0. The first-order valence-corrected chi connectivity index (χ1v) is 8.83. The van der Waals surface area contributed by atoms with E-state index < -0.39 is 10.0 Å². The number of sulfonamides is 1. The van der Waals surface area contributed by atoms with E-state index in [2.05, 4.69) is 20.8 Å². The third-order valence-corrected chi connectivity index (χ3v) is 4.03. The molecule has 1 aromatic carbocycles. The Kier molecular flexibility index (Phi) is 3.76. The zero-order chi connectivity index (χ0) is 15.7. The minimum absolute atomic E-state index is 0.337. The van der Waals surface area contributed by atoms with Crippen LogP contribution in [0.1, 0.15) is 11.3 Å². The molecule has 0 amide bonds. The van der Waals surface area contributed by atoms with Gasteiger partial charge in [0.2, 0.25) is 10.0 Å². The molecule has 0 aliphatic carbocycles. The van der Waals surface area contributed by atoms with Crippen LogP contribution in [0.2, 0.25) is 0 Å². The average molecular weight is 317 g/mol. The van der Waals surface area contributed by atoms with Gasteiger partial charge < -0.3 is 14.4 Å². The summed E-state index contributed by atoms with van der Waals surface area (Å²) in [6.45, 7) is 2.38. The lowest BCUT2D eigenvalue weighted by molar-refractivity contribution is 0.587. The molecular formula is C15H17N4O2S-. The molecule has 0 atom stereocenters. The van der Waals surface area contributed by atoms with E-state index in [4.69, 9.17) is 0 Å². The minimum atomic E-state index is -3.16. The molecule has 0 radical (unpaired) electrons. The predicted molar refractivity (Wildman–Crippen MR) is 85.2 cm³/mol. The number of rotatable bonds is 5. The Bertz CT molecular complexity index is 877. The van der Waals surface area contributed by atoms with Crippen LogP contribution in [-0.2, 0) is 16.4 Å². The first-order valence-electron chi connectivity index (χ1n) is 6.94. The van der Waals surface area contributed by atoms with Gasteiger partial charge in [0.05, 0.1) is 6.26 Å². The van der Waals surface area contributed by atoms with Crippen LogP contribution < -0.4 is 9.71 Å². The smallest absolute Gasteiger partial charge is 0.208 e. The normalized spacial score (nSPS) is 12.1. The fourth-order valence-electron chi connectivity index (χ4n) is 2.31. The Balaban J connectivity index is 1.77. The van der Waals surface area contributed by atoms with Crippen LogP contribution in [0.4, 0.5) is 0 Å². The topological polar surface area (TPSA) is 77.6 Å². The number of nitrogens with one attached hydrogen (secondary N) is 1. The molecule has 7 heteroatoms. The summed E-state index contributed by atoms with van der Waals surface area (Å²) >= 11 is 0. The quantitative estimate of drug-likeness (QED) is 0.771. The molecule has 22 heavy (non-hydrogen) atoms. The van der Waals surface area contributed by atoms with E-state index in [0.717, 1.165) is 23.2 Å². The zero-order valence-electron chi connectivity index (χ0n) is 12.4. The van der Waals surface area contributed by atoms with E-state index in [1.807, 2.05) is 41.9 Å². The van der Waals surface area contributed by atoms with E-state index in [9.17, 15) is 8.42 Å². The second-order valence-electron chi connectivity index (χ2n) is 5.35. The molecule has 0 bridgehead atoms. The summed E-state index contributed by atoms with van der Waals surface area (Å²) in [4.78, 5) is 8.93. The number of aromatic nitrogens is 3. The number of hydrogen-bond acceptors (Lipinski definition) is 3.